The predicted octanol–water partition coefficient (Wildman–Crippen LogP) is 3.82. The summed E-state index contributed by atoms with van der Waals surface area (Å²) in [5.41, 5.74) is -1.07. The number of benzene rings is 1. The molecule has 0 saturated heterocycles. The number of carbonyl (C=O) groups excluding carboxylic acids is 2. The highest BCUT2D eigenvalue weighted by molar-refractivity contribution is 6.31. The molecule has 0 unspecified atom stereocenters. The topological polar surface area (TPSA) is 67.4 Å². The van der Waals surface area contributed by atoms with Crippen LogP contribution < -0.4 is 10.6 Å². The highest BCUT2D eigenvalue weighted by Crippen LogP contribution is 2.36. The molecule has 1 aromatic carbocycles. The van der Waals surface area contributed by atoms with Crippen molar-refractivity contribution in [1.82, 2.24) is 5.32 Å². The summed E-state index contributed by atoms with van der Waals surface area (Å²) in [5, 5.41) is 4.25. The molecule has 0 bridgehead atoms. The minimum absolute atomic E-state index is 0.0374. The van der Waals surface area contributed by atoms with Crippen LogP contribution in [0.1, 0.15) is 25.3 Å². The fourth-order valence-electron chi connectivity index (χ4n) is 1.66. The van der Waals surface area contributed by atoms with E-state index >= 15 is 0 Å². The highest BCUT2D eigenvalue weighted by Gasteiger charge is 2.33. The predicted molar refractivity (Wildman–Crippen MR) is 79.3 cm³/mol. The van der Waals surface area contributed by atoms with Crippen LogP contribution in [0, 0.1) is 0 Å². The summed E-state index contributed by atoms with van der Waals surface area (Å²) in [5.74, 6) is -0.373. The van der Waals surface area contributed by atoms with Crippen molar-refractivity contribution in [1.29, 1.82) is 0 Å². The maximum Gasteiger partial charge on any atom is 0.417 e. The van der Waals surface area contributed by atoms with Gasteiger partial charge in [-0.1, -0.05) is 11.6 Å². The third-order valence-electron chi connectivity index (χ3n) is 2.68. The molecule has 0 aliphatic rings. The van der Waals surface area contributed by atoms with Crippen LogP contribution in [0.2, 0.25) is 5.02 Å². The first-order valence-corrected chi connectivity index (χ1v) is 7.19. The molecule has 0 fully saturated rings. The van der Waals surface area contributed by atoms with Gasteiger partial charge in [0.25, 0.3) is 0 Å². The van der Waals surface area contributed by atoms with Gasteiger partial charge in [-0.05, 0) is 31.5 Å². The number of halogens is 4. The van der Waals surface area contributed by atoms with E-state index in [1.165, 1.54) is 6.07 Å². The molecule has 1 aromatic rings. The van der Waals surface area contributed by atoms with E-state index < -0.39 is 22.8 Å². The van der Waals surface area contributed by atoms with Crippen molar-refractivity contribution in [3.05, 3.63) is 28.8 Å². The van der Waals surface area contributed by atoms with Gasteiger partial charge in [-0.2, -0.15) is 13.2 Å². The van der Waals surface area contributed by atoms with E-state index in [0.717, 1.165) is 12.1 Å². The summed E-state index contributed by atoms with van der Waals surface area (Å²) >= 11 is 5.48. The lowest BCUT2D eigenvalue weighted by Gasteiger charge is -2.12. The zero-order chi connectivity index (χ0) is 17.5. The number of esters is 1. The number of amides is 2. The number of nitrogens with one attached hydrogen (secondary N) is 2. The number of ether oxygens (including phenoxy) is 1. The molecule has 2 amide bonds. The van der Waals surface area contributed by atoms with Gasteiger partial charge in [-0.25, -0.2) is 4.79 Å². The number of anilines is 1. The quantitative estimate of drug-likeness (QED) is 0.604. The summed E-state index contributed by atoms with van der Waals surface area (Å²) in [6.07, 6.45) is -4.10. The van der Waals surface area contributed by atoms with E-state index in [2.05, 4.69) is 10.6 Å². The van der Waals surface area contributed by atoms with E-state index in [9.17, 15) is 22.8 Å². The Hall–Kier alpha value is -1.96. The van der Waals surface area contributed by atoms with Crippen LogP contribution in [0.15, 0.2) is 18.2 Å². The maximum atomic E-state index is 12.7. The Morgan fingerprint density at radius 3 is 2.61 bits per heavy atom. The van der Waals surface area contributed by atoms with Gasteiger partial charge in [0, 0.05) is 18.7 Å². The zero-order valence-corrected chi connectivity index (χ0v) is 13.1. The number of hydrogen-bond donors (Lipinski definition) is 2. The van der Waals surface area contributed by atoms with Gasteiger partial charge in [-0.15, -0.1) is 0 Å². The van der Waals surface area contributed by atoms with Gasteiger partial charge >= 0.3 is 18.2 Å². The first-order valence-electron chi connectivity index (χ1n) is 6.81. The molecule has 23 heavy (non-hydrogen) atoms. The molecule has 9 heteroatoms. The van der Waals surface area contributed by atoms with Crippen molar-refractivity contribution >= 4 is 29.3 Å². The van der Waals surface area contributed by atoms with Crippen LogP contribution in [-0.4, -0.2) is 25.2 Å². The number of urea groups is 1. The lowest BCUT2D eigenvalue weighted by molar-refractivity contribution is -0.143. The molecule has 2 N–H and O–H groups in total. The fourth-order valence-corrected chi connectivity index (χ4v) is 1.89. The highest BCUT2D eigenvalue weighted by atomic mass is 35.5. The standard InChI is InChI=1S/C14H16ClF3N2O3/c1-2-23-12(21)4-3-7-19-13(22)20-9-5-6-11(15)10(8-9)14(16,17)18/h5-6,8H,2-4,7H2,1H3,(H2,19,20,22). The lowest BCUT2D eigenvalue weighted by Crippen LogP contribution is -2.30. The van der Waals surface area contributed by atoms with Gasteiger partial charge in [0.2, 0.25) is 0 Å². The SMILES string of the molecule is CCOC(=O)CCCNC(=O)Nc1ccc(Cl)c(C(F)(F)F)c1. The van der Waals surface area contributed by atoms with Gasteiger partial charge in [-0.3, -0.25) is 4.79 Å². The average molecular weight is 353 g/mol. The van der Waals surface area contributed by atoms with Crippen molar-refractivity contribution in [2.75, 3.05) is 18.5 Å². The van der Waals surface area contributed by atoms with Crippen LogP contribution >= 0.6 is 11.6 Å². The Labute approximate surface area is 136 Å². The molecule has 0 saturated carbocycles. The molecule has 0 aliphatic carbocycles. The third-order valence-corrected chi connectivity index (χ3v) is 3.01. The van der Waals surface area contributed by atoms with Gasteiger partial charge in [0.05, 0.1) is 17.2 Å². The van der Waals surface area contributed by atoms with Gasteiger partial charge in [0.15, 0.2) is 0 Å². The van der Waals surface area contributed by atoms with Crippen LogP contribution in [-0.2, 0) is 15.7 Å². The molecule has 128 valence electrons. The second-order valence-corrected chi connectivity index (χ2v) is 4.89. The molecule has 5 nitrogen and oxygen atoms in total. The van der Waals surface area contributed by atoms with Crippen LogP contribution in [0.25, 0.3) is 0 Å². The van der Waals surface area contributed by atoms with Crippen molar-refractivity contribution in [3.8, 4) is 0 Å². The number of hydrogen-bond acceptors (Lipinski definition) is 3. The van der Waals surface area contributed by atoms with Crippen molar-refractivity contribution in [2.24, 2.45) is 0 Å². The largest absolute Gasteiger partial charge is 0.466 e. The second-order valence-electron chi connectivity index (χ2n) is 4.48. The van der Waals surface area contributed by atoms with Crippen LogP contribution in [0.5, 0.6) is 0 Å². The first-order chi connectivity index (χ1) is 10.7. The van der Waals surface area contributed by atoms with E-state index in [-0.39, 0.29) is 31.2 Å². The Morgan fingerprint density at radius 1 is 1.30 bits per heavy atom. The summed E-state index contributed by atoms with van der Waals surface area (Å²) in [7, 11) is 0. The normalized spacial score (nSPS) is 11.0. The fraction of sp³-hybridized carbons (Fsp3) is 0.429. The third kappa shape index (κ3) is 6.77. The van der Waals surface area contributed by atoms with E-state index in [0.29, 0.717) is 6.42 Å². The molecule has 0 spiro atoms. The number of rotatable bonds is 6. The molecule has 0 radical (unpaired) electrons. The maximum absolute atomic E-state index is 12.7. The lowest BCUT2D eigenvalue weighted by atomic mass is 10.2. The van der Waals surface area contributed by atoms with Crippen LogP contribution in [0.3, 0.4) is 0 Å². The molecular formula is C14H16ClF3N2O3. The first kappa shape index (κ1) is 19.1. The number of carbonyl (C=O) groups is 2. The summed E-state index contributed by atoms with van der Waals surface area (Å²) in [6.45, 7) is 2.15. The Morgan fingerprint density at radius 2 is 2.00 bits per heavy atom. The van der Waals surface area contributed by atoms with Crippen molar-refractivity contribution in [2.45, 2.75) is 25.9 Å². The van der Waals surface area contributed by atoms with E-state index in [4.69, 9.17) is 16.3 Å². The Balaban J connectivity index is 2.47. The molecule has 0 aromatic heterocycles. The zero-order valence-electron chi connectivity index (χ0n) is 12.3. The molecule has 0 atom stereocenters. The second kappa shape index (κ2) is 8.61. The van der Waals surface area contributed by atoms with Gasteiger partial charge in [0.1, 0.15) is 0 Å². The average Bonchev–Trinajstić information content (AvgIpc) is 2.45. The van der Waals surface area contributed by atoms with Crippen molar-refractivity contribution in [3.63, 3.8) is 0 Å². The molecular weight excluding hydrogens is 337 g/mol. The Kier molecular flexibility index (Phi) is 7.15. The van der Waals surface area contributed by atoms with E-state index in [1.807, 2.05) is 0 Å². The minimum atomic E-state index is -4.61. The number of alkyl halides is 3. The molecule has 1 rings (SSSR count). The smallest absolute Gasteiger partial charge is 0.417 e. The molecule has 0 heterocycles. The monoisotopic (exact) mass is 352 g/mol. The van der Waals surface area contributed by atoms with E-state index in [1.54, 1.807) is 6.92 Å². The van der Waals surface area contributed by atoms with Crippen molar-refractivity contribution < 1.29 is 27.5 Å². The molecule has 0 aliphatic heterocycles. The summed E-state index contributed by atoms with van der Waals surface area (Å²) in [4.78, 5) is 22.6. The minimum Gasteiger partial charge on any atom is -0.466 e. The van der Waals surface area contributed by atoms with Gasteiger partial charge < -0.3 is 15.4 Å². The summed E-state index contributed by atoms with van der Waals surface area (Å²) in [6, 6.07) is 2.39. The Bertz CT molecular complexity index is 565. The summed E-state index contributed by atoms with van der Waals surface area (Å²) < 4.78 is 42.8. The van der Waals surface area contributed by atoms with Crippen LogP contribution in [0.4, 0.5) is 23.7 Å².